The van der Waals surface area contributed by atoms with E-state index in [0.717, 1.165) is 35.1 Å². The fraction of sp³-hybridized carbons (Fsp3) is 0.444. The van der Waals surface area contributed by atoms with Gasteiger partial charge in [0.2, 0.25) is 5.91 Å². The summed E-state index contributed by atoms with van der Waals surface area (Å²) in [5.74, 6) is -0.0405. The van der Waals surface area contributed by atoms with E-state index in [-0.39, 0.29) is 37.3 Å². The van der Waals surface area contributed by atoms with E-state index in [2.05, 4.69) is 22.8 Å². The standard InChI is InChI=1S/C27H30N2O5/c30-25(31)12-11-24(26(32)28-18-13-16-9-10-17(16)14-18)29-27(33)34-15-23-21-7-3-1-5-19(21)20-6-2-4-8-22(20)23/h1-8,16-18,23-24H,9-15H2,(H,28,32)(H,29,33)(H,30,31). The van der Waals surface area contributed by atoms with Crippen molar-refractivity contribution < 1.29 is 24.2 Å². The highest BCUT2D eigenvalue weighted by Crippen LogP contribution is 2.47. The summed E-state index contributed by atoms with van der Waals surface area (Å²) in [5.41, 5.74) is 4.48. The molecule has 7 nitrogen and oxygen atoms in total. The average molecular weight is 463 g/mol. The number of hydrogen-bond acceptors (Lipinski definition) is 4. The first-order chi connectivity index (χ1) is 16.5. The Morgan fingerprint density at radius 2 is 1.53 bits per heavy atom. The molecule has 3 aliphatic carbocycles. The molecule has 2 aromatic carbocycles. The predicted molar refractivity (Wildman–Crippen MR) is 126 cm³/mol. The van der Waals surface area contributed by atoms with Gasteiger partial charge in [0.1, 0.15) is 12.6 Å². The molecule has 2 saturated carbocycles. The van der Waals surface area contributed by atoms with Gasteiger partial charge in [-0.2, -0.15) is 0 Å². The van der Waals surface area contributed by atoms with E-state index in [1.807, 2.05) is 36.4 Å². The molecular weight excluding hydrogens is 432 g/mol. The molecule has 0 aliphatic heterocycles. The van der Waals surface area contributed by atoms with Gasteiger partial charge in [0.05, 0.1) is 0 Å². The first-order valence-electron chi connectivity index (χ1n) is 12.1. The predicted octanol–water partition coefficient (Wildman–Crippen LogP) is 4.06. The quantitative estimate of drug-likeness (QED) is 0.549. The van der Waals surface area contributed by atoms with Crippen LogP contribution >= 0.6 is 0 Å². The summed E-state index contributed by atoms with van der Waals surface area (Å²) in [6.45, 7) is 0.138. The Bertz CT molecular complexity index is 1040. The van der Waals surface area contributed by atoms with Crippen molar-refractivity contribution in [3.05, 3.63) is 59.7 Å². The third-order valence-corrected chi connectivity index (χ3v) is 7.69. The maximum atomic E-state index is 12.9. The average Bonchev–Trinajstić information content (AvgIpc) is 3.29. The fourth-order valence-corrected chi connectivity index (χ4v) is 5.82. The second kappa shape index (κ2) is 9.49. The van der Waals surface area contributed by atoms with E-state index in [1.54, 1.807) is 0 Å². The SMILES string of the molecule is O=C(O)CCC(NC(=O)OCC1c2ccccc2-c2ccccc21)C(=O)NC1CC2CCC2C1. The van der Waals surface area contributed by atoms with E-state index in [1.165, 1.54) is 12.8 Å². The zero-order chi connectivity index (χ0) is 23.7. The number of carboxylic acids is 1. The lowest BCUT2D eigenvalue weighted by Crippen LogP contribution is -2.49. The lowest BCUT2D eigenvalue weighted by molar-refractivity contribution is -0.137. The second-order valence-electron chi connectivity index (χ2n) is 9.73. The van der Waals surface area contributed by atoms with Gasteiger partial charge in [-0.3, -0.25) is 9.59 Å². The molecule has 0 saturated heterocycles. The number of ether oxygens (including phenoxy) is 1. The molecule has 3 unspecified atom stereocenters. The Kier molecular flexibility index (Phi) is 6.26. The second-order valence-corrected chi connectivity index (χ2v) is 9.73. The Hall–Kier alpha value is -3.35. The lowest BCUT2D eigenvalue weighted by Gasteiger charge is -2.29. The summed E-state index contributed by atoms with van der Waals surface area (Å²) in [6, 6.07) is 15.3. The summed E-state index contributed by atoms with van der Waals surface area (Å²) in [6.07, 6.45) is 3.47. The Morgan fingerprint density at radius 1 is 0.941 bits per heavy atom. The number of rotatable bonds is 8. The number of fused-ring (bicyclic) bond motifs is 4. The van der Waals surface area contributed by atoms with Crippen LogP contribution in [0.2, 0.25) is 0 Å². The molecule has 7 heteroatoms. The highest BCUT2D eigenvalue weighted by atomic mass is 16.5. The van der Waals surface area contributed by atoms with Crippen molar-refractivity contribution >= 4 is 18.0 Å². The molecule has 3 N–H and O–H groups in total. The Labute approximate surface area is 198 Å². The molecule has 2 amide bonds. The summed E-state index contributed by atoms with van der Waals surface area (Å²) >= 11 is 0. The first kappa shape index (κ1) is 22.4. The topological polar surface area (TPSA) is 105 Å². The number of carboxylic acid groups (broad SMARTS) is 1. The minimum absolute atomic E-state index is 0.0188. The molecular formula is C27H30N2O5. The van der Waals surface area contributed by atoms with E-state index in [4.69, 9.17) is 9.84 Å². The van der Waals surface area contributed by atoms with Crippen LogP contribution in [0, 0.1) is 11.8 Å². The van der Waals surface area contributed by atoms with Crippen LogP contribution in [-0.4, -0.2) is 41.8 Å². The molecule has 3 aliphatic rings. The van der Waals surface area contributed by atoms with Gasteiger partial charge in [-0.15, -0.1) is 0 Å². The Balaban J connectivity index is 1.21. The number of aliphatic carboxylic acids is 1. The van der Waals surface area contributed by atoms with Crippen molar-refractivity contribution in [2.24, 2.45) is 11.8 Å². The monoisotopic (exact) mass is 462 g/mol. The summed E-state index contributed by atoms with van der Waals surface area (Å²) < 4.78 is 5.56. The van der Waals surface area contributed by atoms with E-state index < -0.39 is 18.1 Å². The van der Waals surface area contributed by atoms with Gasteiger partial charge < -0.3 is 20.5 Å². The van der Waals surface area contributed by atoms with Crippen LogP contribution in [0.25, 0.3) is 11.1 Å². The van der Waals surface area contributed by atoms with Crippen LogP contribution in [0.5, 0.6) is 0 Å². The van der Waals surface area contributed by atoms with Gasteiger partial charge in [-0.05, 0) is 66.2 Å². The lowest BCUT2D eigenvalue weighted by atomic mass is 9.77. The van der Waals surface area contributed by atoms with Crippen molar-refractivity contribution in [1.29, 1.82) is 0 Å². The summed E-state index contributed by atoms with van der Waals surface area (Å²) in [5, 5.41) is 14.7. The van der Waals surface area contributed by atoms with Crippen LogP contribution in [0.15, 0.2) is 48.5 Å². The first-order valence-corrected chi connectivity index (χ1v) is 12.1. The minimum atomic E-state index is -1.01. The van der Waals surface area contributed by atoms with Crippen molar-refractivity contribution in [3.63, 3.8) is 0 Å². The smallest absolute Gasteiger partial charge is 0.407 e. The van der Waals surface area contributed by atoms with Gasteiger partial charge in [0.15, 0.2) is 0 Å². The van der Waals surface area contributed by atoms with Crippen molar-refractivity contribution in [2.45, 2.75) is 56.5 Å². The minimum Gasteiger partial charge on any atom is -0.481 e. The maximum absolute atomic E-state index is 12.9. The van der Waals surface area contributed by atoms with Gasteiger partial charge >= 0.3 is 12.1 Å². The van der Waals surface area contributed by atoms with Crippen molar-refractivity contribution in [2.75, 3.05) is 6.61 Å². The highest BCUT2D eigenvalue weighted by molar-refractivity contribution is 5.86. The van der Waals surface area contributed by atoms with Crippen LogP contribution in [0.4, 0.5) is 4.79 Å². The number of benzene rings is 2. The van der Waals surface area contributed by atoms with Gasteiger partial charge in [0, 0.05) is 18.4 Å². The molecule has 5 rings (SSSR count). The molecule has 0 heterocycles. The molecule has 3 atom stereocenters. The van der Waals surface area contributed by atoms with Crippen molar-refractivity contribution in [1.82, 2.24) is 10.6 Å². The molecule has 0 spiro atoms. The van der Waals surface area contributed by atoms with E-state index >= 15 is 0 Å². The largest absolute Gasteiger partial charge is 0.481 e. The molecule has 0 aromatic heterocycles. The summed E-state index contributed by atoms with van der Waals surface area (Å²) in [7, 11) is 0. The third-order valence-electron chi connectivity index (χ3n) is 7.69. The van der Waals surface area contributed by atoms with E-state index in [0.29, 0.717) is 11.8 Å². The number of carbonyl (C=O) groups excluding carboxylic acids is 2. The number of alkyl carbamates (subject to hydrolysis) is 1. The third kappa shape index (κ3) is 4.52. The van der Waals surface area contributed by atoms with Crippen molar-refractivity contribution in [3.8, 4) is 11.1 Å². The number of amides is 2. The number of nitrogens with one attached hydrogen (secondary N) is 2. The molecule has 2 aromatic rings. The highest BCUT2D eigenvalue weighted by Gasteiger charge is 2.41. The summed E-state index contributed by atoms with van der Waals surface area (Å²) in [4.78, 5) is 36.7. The van der Waals surface area contributed by atoms with E-state index in [9.17, 15) is 14.4 Å². The number of carbonyl (C=O) groups is 3. The van der Waals surface area contributed by atoms with Gasteiger partial charge in [0.25, 0.3) is 0 Å². The van der Waals surface area contributed by atoms with Gasteiger partial charge in [-0.1, -0.05) is 48.5 Å². The van der Waals surface area contributed by atoms with Crippen LogP contribution in [0.1, 0.15) is 55.6 Å². The van der Waals surface area contributed by atoms with Gasteiger partial charge in [-0.25, -0.2) is 4.79 Å². The zero-order valence-corrected chi connectivity index (χ0v) is 19.0. The van der Waals surface area contributed by atoms with Crippen LogP contribution in [-0.2, 0) is 14.3 Å². The molecule has 0 bridgehead atoms. The molecule has 34 heavy (non-hydrogen) atoms. The molecule has 2 fully saturated rings. The molecule has 0 radical (unpaired) electrons. The fourth-order valence-electron chi connectivity index (χ4n) is 5.82. The van der Waals surface area contributed by atoms with Crippen LogP contribution < -0.4 is 10.6 Å². The van der Waals surface area contributed by atoms with Crippen LogP contribution in [0.3, 0.4) is 0 Å². The maximum Gasteiger partial charge on any atom is 0.407 e. The molecule has 178 valence electrons. The number of hydrogen-bond donors (Lipinski definition) is 3. The Morgan fingerprint density at radius 3 is 2.09 bits per heavy atom. The normalized spacial score (nSPS) is 23.1. The zero-order valence-electron chi connectivity index (χ0n) is 19.0.